The van der Waals surface area contributed by atoms with Crippen LogP contribution in [0.1, 0.15) is 18.9 Å². The molecular formula is C22H33IN6O2. The number of ether oxygens (including phenoxy) is 2. The average molecular weight is 540 g/mol. The van der Waals surface area contributed by atoms with Gasteiger partial charge in [0.25, 0.3) is 0 Å². The van der Waals surface area contributed by atoms with E-state index in [1.54, 1.807) is 19.5 Å². The first-order valence-corrected chi connectivity index (χ1v) is 10.6. The number of piperazine rings is 1. The molecule has 1 fully saturated rings. The maximum atomic E-state index is 5.78. The number of hydrogen-bond acceptors (Lipinski definition) is 6. The van der Waals surface area contributed by atoms with E-state index in [0.29, 0.717) is 13.2 Å². The largest absolute Gasteiger partial charge is 0.497 e. The third-order valence-electron chi connectivity index (χ3n) is 4.89. The van der Waals surface area contributed by atoms with Gasteiger partial charge in [-0.25, -0.2) is 9.97 Å². The summed E-state index contributed by atoms with van der Waals surface area (Å²) in [5, 5.41) is 3.41. The van der Waals surface area contributed by atoms with Crippen LogP contribution in [0.5, 0.6) is 5.75 Å². The van der Waals surface area contributed by atoms with E-state index in [9.17, 15) is 0 Å². The Kier molecular flexibility index (Phi) is 11.4. The highest BCUT2D eigenvalue weighted by atomic mass is 127. The van der Waals surface area contributed by atoms with Crippen LogP contribution in [0.25, 0.3) is 0 Å². The van der Waals surface area contributed by atoms with Gasteiger partial charge in [0.05, 0.1) is 13.7 Å². The van der Waals surface area contributed by atoms with E-state index >= 15 is 0 Å². The van der Waals surface area contributed by atoms with E-state index in [4.69, 9.17) is 14.5 Å². The maximum absolute atomic E-state index is 5.78. The molecule has 1 saturated heterocycles. The van der Waals surface area contributed by atoms with Crippen LogP contribution in [-0.2, 0) is 11.3 Å². The van der Waals surface area contributed by atoms with Crippen LogP contribution in [-0.4, -0.2) is 73.8 Å². The molecule has 9 heteroatoms. The van der Waals surface area contributed by atoms with Crippen molar-refractivity contribution in [2.75, 3.05) is 57.9 Å². The van der Waals surface area contributed by atoms with Crippen molar-refractivity contribution in [3.05, 3.63) is 48.3 Å². The number of benzene rings is 1. The van der Waals surface area contributed by atoms with E-state index in [1.165, 1.54) is 0 Å². The Bertz CT molecular complexity index is 767. The number of anilines is 1. The molecule has 1 aromatic heterocycles. The first kappa shape index (κ1) is 25.1. The van der Waals surface area contributed by atoms with Gasteiger partial charge in [-0.2, -0.15) is 0 Å². The summed E-state index contributed by atoms with van der Waals surface area (Å²) in [7, 11) is 1.67. The summed E-state index contributed by atoms with van der Waals surface area (Å²) in [6.07, 6.45) is 4.47. The lowest BCUT2D eigenvalue weighted by atomic mass is 10.2. The van der Waals surface area contributed by atoms with Gasteiger partial charge >= 0.3 is 0 Å². The number of aromatic nitrogens is 2. The second-order valence-electron chi connectivity index (χ2n) is 7.01. The lowest BCUT2D eigenvalue weighted by molar-refractivity contribution is 0.120. The zero-order chi connectivity index (χ0) is 21.0. The van der Waals surface area contributed by atoms with Gasteiger partial charge in [0.1, 0.15) is 5.75 Å². The van der Waals surface area contributed by atoms with Crippen LogP contribution >= 0.6 is 24.0 Å². The molecule has 1 aliphatic heterocycles. The minimum Gasteiger partial charge on any atom is -0.497 e. The van der Waals surface area contributed by atoms with E-state index < -0.39 is 0 Å². The van der Waals surface area contributed by atoms with Crippen LogP contribution in [0, 0.1) is 0 Å². The van der Waals surface area contributed by atoms with Gasteiger partial charge in [0.15, 0.2) is 5.96 Å². The maximum Gasteiger partial charge on any atom is 0.225 e. The lowest BCUT2D eigenvalue weighted by Gasteiger charge is -2.36. The molecule has 1 aliphatic rings. The van der Waals surface area contributed by atoms with Crippen molar-refractivity contribution >= 4 is 35.9 Å². The molecule has 0 radical (unpaired) electrons. The number of nitrogens with zero attached hydrogens (tertiary/aromatic N) is 5. The van der Waals surface area contributed by atoms with Crippen molar-refractivity contribution in [2.24, 2.45) is 4.99 Å². The Morgan fingerprint density at radius 1 is 1.10 bits per heavy atom. The lowest BCUT2D eigenvalue weighted by Crippen LogP contribution is -2.53. The molecule has 0 saturated carbocycles. The molecule has 2 heterocycles. The van der Waals surface area contributed by atoms with Gasteiger partial charge in [0.2, 0.25) is 5.95 Å². The number of nitrogens with one attached hydrogen (secondary N) is 1. The van der Waals surface area contributed by atoms with Gasteiger partial charge in [0, 0.05) is 58.3 Å². The fourth-order valence-electron chi connectivity index (χ4n) is 3.26. The third-order valence-corrected chi connectivity index (χ3v) is 4.89. The first-order valence-electron chi connectivity index (χ1n) is 10.6. The SMILES string of the molecule is CCNC(=NCCCOCc1ccc(OC)cc1)N1CCN(c2ncccn2)CC1.I. The van der Waals surface area contributed by atoms with Crippen LogP contribution in [0.2, 0.25) is 0 Å². The molecule has 1 N–H and O–H groups in total. The summed E-state index contributed by atoms with van der Waals surface area (Å²) < 4.78 is 11.0. The zero-order valence-electron chi connectivity index (χ0n) is 18.4. The summed E-state index contributed by atoms with van der Waals surface area (Å²) in [6.45, 7) is 8.57. The number of halogens is 1. The minimum absolute atomic E-state index is 0. The molecule has 170 valence electrons. The summed E-state index contributed by atoms with van der Waals surface area (Å²) in [5.74, 6) is 2.63. The number of hydrogen-bond donors (Lipinski definition) is 1. The molecule has 0 amide bonds. The van der Waals surface area contributed by atoms with Crippen molar-refractivity contribution in [2.45, 2.75) is 20.0 Å². The van der Waals surface area contributed by atoms with E-state index in [0.717, 1.165) is 68.9 Å². The van der Waals surface area contributed by atoms with Gasteiger partial charge in [-0.1, -0.05) is 12.1 Å². The second kappa shape index (κ2) is 14.0. The Morgan fingerprint density at radius 2 is 1.81 bits per heavy atom. The Morgan fingerprint density at radius 3 is 2.45 bits per heavy atom. The Labute approximate surface area is 202 Å². The quantitative estimate of drug-likeness (QED) is 0.227. The van der Waals surface area contributed by atoms with Crippen LogP contribution in [0.3, 0.4) is 0 Å². The Balaban J connectivity index is 0.00000341. The van der Waals surface area contributed by atoms with E-state index in [2.05, 4.69) is 32.0 Å². The van der Waals surface area contributed by atoms with Gasteiger partial charge < -0.3 is 24.6 Å². The zero-order valence-corrected chi connectivity index (χ0v) is 20.7. The predicted octanol–water partition coefficient (Wildman–Crippen LogP) is 2.80. The van der Waals surface area contributed by atoms with Crippen molar-refractivity contribution in [1.29, 1.82) is 0 Å². The minimum atomic E-state index is 0. The third kappa shape index (κ3) is 8.13. The molecule has 0 atom stereocenters. The van der Waals surface area contributed by atoms with Crippen LogP contribution < -0.4 is 15.0 Å². The average Bonchev–Trinajstić information content (AvgIpc) is 2.81. The smallest absolute Gasteiger partial charge is 0.225 e. The van der Waals surface area contributed by atoms with Crippen molar-refractivity contribution in [3.8, 4) is 5.75 Å². The predicted molar refractivity (Wildman–Crippen MR) is 134 cm³/mol. The topological polar surface area (TPSA) is 75.1 Å². The number of aliphatic imine (C=N–C) groups is 1. The van der Waals surface area contributed by atoms with Gasteiger partial charge in [-0.05, 0) is 37.1 Å². The molecule has 0 spiro atoms. The number of rotatable bonds is 9. The highest BCUT2D eigenvalue weighted by Gasteiger charge is 2.20. The normalized spacial score (nSPS) is 14.2. The fourth-order valence-corrected chi connectivity index (χ4v) is 3.26. The molecule has 31 heavy (non-hydrogen) atoms. The van der Waals surface area contributed by atoms with Crippen LogP contribution in [0.4, 0.5) is 5.95 Å². The number of methoxy groups -OCH3 is 1. The van der Waals surface area contributed by atoms with Gasteiger partial charge in [-0.15, -0.1) is 24.0 Å². The monoisotopic (exact) mass is 540 g/mol. The molecule has 0 unspecified atom stereocenters. The molecule has 1 aromatic carbocycles. The fraction of sp³-hybridized carbons (Fsp3) is 0.500. The highest BCUT2D eigenvalue weighted by molar-refractivity contribution is 14.0. The number of guanidine groups is 1. The van der Waals surface area contributed by atoms with Gasteiger partial charge in [-0.3, -0.25) is 4.99 Å². The molecule has 3 rings (SSSR count). The van der Waals surface area contributed by atoms with Crippen molar-refractivity contribution < 1.29 is 9.47 Å². The second-order valence-corrected chi connectivity index (χ2v) is 7.01. The summed E-state index contributed by atoms with van der Waals surface area (Å²) in [4.78, 5) is 18.0. The van der Waals surface area contributed by atoms with E-state index in [-0.39, 0.29) is 24.0 Å². The summed E-state index contributed by atoms with van der Waals surface area (Å²) in [6, 6.07) is 9.81. The van der Waals surface area contributed by atoms with E-state index in [1.807, 2.05) is 30.3 Å². The molecular weight excluding hydrogens is 507 g/mol. The summed E-state index contributed by atoms with van der Waals surface area (Å²) in [5.41, 5.74) is 1.15. The molecule has 0 aliphatic carbocycles. The van der Waals surface area contributed by atoms with Crippen molar-refractivity contribution in [1.82, 2.24) is 20.2 Å². The summed E-state index contributed by atoms with van der Waals surface area (Å²) >= 11 is 0. The first-order chi connectivity index (χ1) is 14.8. The molecule has 0 bridgehead atoms. The molecule has 2 aromatic rings. The van der Waals surface area contributed by atoms with Crippen molar-refractivity contribution in [3.63, 3.8) is 0 Å². The Hall–Kier alpha value is -2.14. The highest BCUT2D eigenvalue weighted by Crippen LogP contribution is 2.12. The molecule has 8 nitrogen and oxygen atoms in total. The standard InChI is InChI=1S/C22H32N6O2.HI/c1-3-23-21(27-13-15-28(16-14-27)22-24-10-4-11-25-22)26-12-5-17-30-18-19-6-8-20(29-2)9-7-19;/h4,6-11H,3,5,12-18H2,1-2H3,(H,23,26);1H. The van der Waals surface area contributed by atoms with Crippen LogP contribution in [0.15, 0.2) is 47.7 Å².